The second-order valence-corrected chi connectivity index (χ2v) is 5.17. The Morgan fingerprint density at radius 2 is 2.19 bits per heavy atom. The van der Waals surface area contributed by atoms with E-state index in [1.807, 2.05) is 0 Å². The third-order valence-electron chi connectivity index (χ3n) is 3.98. The molecule has 0 aliphatic carbocycles. The molecule has 2 heterocycles. The standard InChI is InChI=1S/C14H20N2/c1-11-3-2-6-16(11)10-12-4-5-13-8-15-9-14(13)7-12/h4-5,7,11,15H,2-3,6,8-10H2,1H3. The average Bonchev–Trinajstić information content (AvgIpc) is 2.88. The summed E-state index contributed by atoms with van der Waals surface area (Å²) in [5.74, 6) is 0. The number of fused-ring (bicyclic) bond motifs is 1. The zero-order valence-corrected chi connectivity index (χ0v) is 10.00. The van der Waals surface area contributed by atoms with Gasteiger partial charge in [-0.1, -0.05) is 18.2 Å². The Balaban J connectivity index is 1.75. The van der Waals surface area contributed by atoms with Crippen LogP contribution < -0.4 is 5.32 Å². The molecule has 1 aromatic rings. The van der Waals surface area contributed by atoms with Gasteiger partial charge >= 0.3 is 0 Å². The second kappa shape index (κ2) is 4.19. The molecule has 0 saturated carbocycles. The maximum atomic E-state index is 3.40. The minimum Gasteiger partial charge on any atom is -0.309 e. The molecule has 0 aromatic heterocycles. The molecule has 2 aliphatic rings. The van der Waals surface area contributed by atoms with Gasteiger partial charge in [0.25, 0.3) is 0 Å². The van der Waals surface area contributed by atoms with E-state index in [1.165, 1.54) is 36.1 Å². The third kappa shape index (κ3) is 1.87. The normalized spacial score (nSPS) is 24.9. The van der Waals surface area contributed by atoms with Crippen LogP contribution in [0.1, 0.15) is 36.5 Å². The van der Waals surface area contributed by atoms with E-state index in [-0.39, 0.29) is 0 Å². The third-order valence-corrected chi connectivity index (χ3v) is 3.98. The van der Waals surface area contributed by atoms with Crippen LogP contribution in [0.2, 0.25) is 0 Å². The average molecular weight is 216 g/mol. The molecule has 1 saturated heterocycles. The van der Waals surface area contributed by atoms with E-state index in [4.69, 9.17) is 0 Å². The van der Waals surface area contributed by atoms with Crippen LogP contribution in [0.25, 0.3) is 0 Å². The molecule has 1 unspecified atom stereocenters. The van der Waals surface area contributed by atoms with Crippen LogP contribution in [0.4, 0.5) is 0 Å². The SMILES string of the molecule is CC1CCCN1Cc1ccc2c(c1)CNC2. The van der Waals surface area contributed by atoms with E-state index in [9.17, 15) is 0 Å². The van der Waals surface area contributed by atoms with Gasteiger partial charge in [0.1, 0.15) is 0 Å². The van der Waals surface area contributed by atoms with Crippen molar-refractivity contribution in [2.45, 2.75) is 45.4 Å². The molecule has 2 heteroatoms. The molecule has 0 radical (unpaired) electrons. The summed E-state index contributed by atoms with van der Waals surface area (Å²) < 4.78 is 0. The number of hydrogen-bond acceptors (Lipinski definition) is 2. The maximum Gasteiger partial charge on any atom is 0.0236 e. The summed E-state index contributed by atoms with van der Waals surface area (Å²) in [6.45, 7) is 6.86. The van der Waals surface area contributed by atoms with Crippen molar-refractivity contribution in [3.63, 3.8) is 0 Å². The molecule has 86 valence electrons. The number of rotatable bonds is 2. The fourth-order valence-corrected chi connectivity index (χ4v) is 2.91. The molecule has 3 rings (SSSR count). The van der Waals surface area contributed by atoms with Crippen LogP contribution in [-0.4, -0.2) is 17.5 Å². The molecular formula is C14H20N2. The second-order valence-electron chi connectivity index (χ2n) is 5.17. The number of benzene rings is 1. The van der Waals surface area contributed by atoms with E-state index in [2.05, 4.69) is 35.3 Å². The van der Waals surface area contributed by atoms with E-state index < -0.39 is 0 Å². The summed E-state index contributed by atoms with van der Waals surface area (Å²) in [4.78, 5) is 2.60. The van der Waals surface area contributed by atoms with Crippen LogP contribution in [0.15, 0.2) is 18.2 Å². The maximum absolute atomic E-state index is 3.40. The predicted octanol–water partition coefficient (Wildman–Crippen LogP) is 2.27. The largest absolute Gasteiger partial charge is 0.309 e. The van der Waals surface area contributed by atoms with E-state index >= 15 is 0 Å². The predicted molar refractivity (Wildman–Crippen MR) is 66.1 cm³/mol. The first-order valence-electron chi connectivity index (χ1n) is 6.38. The molecule has 0 spiro atoms. The van der Waals surface area contributed by atoms with Crippen molar-refractivity contribution in [2.75, 3.05) is 6.54 Å². The van der Waals surface area contributed by atoms with Gasteiger partial charge in [0, 0.05) is 25.7 Å². The minimum absolute atomic E-state index is 0.770. The van der Waals surface area contributed by atoms with Crippen molar-refractivity contribution in [3.05, 3.63) is 34.9 Å². The molecule has 2 aliphatic heterocycles. The minimum atomic E-state index is 0.770. The molecular weight excluding hydrogens is 196 g/mol. The fourth-order valence-electron chi connectivity index (χ4n) is 2.91. The zero-order valence-electron chi connectivity index (χ0n) is 10.00. The van der Waals surface area contributed by atoms with Crippen molar-refractivity contribution in [3.8, 4) is 0 Å². The molecule has 1 fully saturated rings. The van der Waals surface area contributed by atoms with Crippen molar-refractivity contribution in [1.29, 1.82) is 0 Å². The van der Waals surface area contributed by atoms with Gasteiger partial charge in [0.2, 0.25) is 0 Å². The lowest BCUT2D eigenvalue weighted by molar-refractivity contribution is 0.260. The van der Waals surface area contributed by atoms with Gasteiger partial charge < -0.3 is 5.32 Å². The Morgan fingerprint density at radius 1 is 1.31 bits per heavy atom. The molecule has 0 amide bonds. The molecule has 2 nitrogen and oxygen atoms in total. The van der Waals surface area contributed by atoms with Gasteiger partial charge in [0.05, 0.1) is 0 Å². The Hall–Kier alpha value is -0.860. The number of hydrogen-bond donors (Lipinski definition) is 1. The lowest BCUT2D eigenvalue weighted by Gasteiger charge is -2.21. The number of nitrogens with zero attached hydrogens (tertiary/aromatic N) is 1. The van der Waals surface area contributed by atoms with Gasteiger partial charge in [-0.15, -0.1) is 0 Å². The topological polar surface area (TPSA) is 15.3 Å². The van der Waals surface area contributed by atoms with Crippen LogP contribution in [0.3, 0.4) is 0 Å². The molecule has 1 N–H and O–H groups in total. The Bertz CT molecular complexity index is 386. The lowest BCUT2D eigenvalue weighted by atomic mass is 10.1. The Kier molecular flexibility index (Phi) is 2.70. The molecule has 16 heavy (non-hydrogen) atoms. The monoisotopic (exact) mass is 216 g/mol. The summed E-state index contributed by atoms with van der Waals surface area (Å²) in [5, 5.41) is 3.40. The van der Waals surface area contributed by atoms with Crippen molar-refractivity contribution in [2.24, 2.45) is 0 Å². The summed E-state index contributed by atoms with van der Waals surface area (Å²) in [7, 11) is 0. The quantitative estimate of drug-likeness (QED) is 0.816. The van der Waals surface area contributed by atoms with Crippen molar-refractivity contribution < 1.29 is 0 Å². The Labute approximate surface area is 97.6 Å². The highest BCUT2D eigenvalue weighted by Gasteiger charge is 2.20. The van der Waals surface area contributed by atoms with E-state index in [1.54, 1.807) is 0 Å². The molecule has 1 aromatic carbocycles. The summed E-state index contributed by atoms with van der Waals surface area (Å²) in [5.41, 5.74) is 4.47. The van der Waals surface area contributed by atoms with Crippen LogP contribution in [0, 0.1) is 0 Å². The first-order chi connectivity index (χ1) is 7.83. The summed E-state index contributed by atoms with van der Waals surface area (Å²) in [6.07, 6.45) is 2.74. The molecule has 1 atom stereocenters. The fraction of sp³-hybridized carbons (Fsp3) is 0.571. The van der Waals surface area contributed by atoms with Crippen molar-refractivity contribution >= 4 is 0 Å². The van der Waals surface area contributed by atoms with Crippen LogP contribution in [0.5, 0.6) is 0 Å². The highest BCUT2D eigenvalue weighted by molar-refractivity contribution is 5.34. The summed E-state index contributed by atoms with van der Waals surface area (Å²) >= 11 is 0. The first-order valence-corrected chi connectivity index (χ1v) is 6.38. The van der Waals surface area contributed by atoms with Crippen LogP contribution in [-0.2, 0) is 19.6 Å². The van der Waals surface area contributed by atoms with E-state index in [0.29, 0.717) is 0 Å². The van der Waals surface area contributed by atoms with E-state index in [0.717, 1.165) is 25.7 Å². The van der Waals surface area contributed by atoms with Crippen LogP contribution >= 0.6 is 0 Å². The highest BCUT2D eigenvalue weighted by Crippen LogP contribution is 2.22. The highest BCUT2D eigenvalue weighted by atomic mass is 15.2. The van der Waals surface area contributed by atoms with Gasteiger partial charge in [-0.05, 0) is 43.0 Å². The first kappa shape index (κ1) is 10.3. The lowest BCUT2D eigenvalue weighted by Crippen LogP contribution is -2.26. The van der Waals surface area contributed by atoms with Gasteiger partial charge in [0.15, 0.2) is 0 Å². The van der Waals surface area contributed by atoms with Gasteiger partial charge in [-0.2, -0.15) is 0 Å². The van der Waals surface area contributed by atoms with Gasteiger partial charge in [-0.3, -0.25) is 4.90 Å². The summed E-state index contributed by atoms with van der Waals surface area (Å²) in [6, 6.07) is 7.76. The number of likely N-dealkylation sites (tertiary alicyclic amines) is 1. The Morgan fingerprint density at radius 3 is 3.00 bits per heavy atom. The zero-order chi connectivity index (χ0) is 11.0. The van der Waals surface area contributed by atoms with Crippen molar-refractivity contribution in [1.82, 2.24) is 10.2 Å². The van der Waals surface area contributed by atoms with Gasteiger partial charge in [-0.25, -0.2) is 0 Å². The smallest absolute Gasteiger partial charge is 0.0236 e. The molecule has 0 bridgehead atoms. The number of nitrogens with one attached hydrogen (secondary N) is 1.